The van der Waals surface area contributed by atoms with E-state index in [2.05, 4.69) is 31.9 Å². The summed E-state index contributed by atoms with van der Waals surface area (Å²) in [4.78, 5) is 0. The summed E-state index contributed by atoms with van der Waals surface area (Å²) in [6.45, 7) is 0. The molecule has 0 radical (unpaired) electrons. The Labute approximate surface area is 138 Å². The van der Waals surface area contributed by atoms with Gasteiger partial charge in [0.15, 0.2) is 0 Å². The Bertz CT molecular complexity index is 651. The molecule has 2 aromatic carbocycles. The minimum atomic E-state index is -0.663. The third-order valence-electron chi connectivity index (χ3n) is 2.91. The van der Waals surface area contributed by atoms with Gasteiger partial charge in [-0.2, -0.15) is 0 Å². The maximum atomic E-state index is 14.1. The number of benzene rings is 2. The molecule has 0 aliphatic rings. The molecule has 20 heavy (non-hydrogen) atoms. The van der Waals surface area contributed by atoms with Crippen LogP contribution in [-0.2, 0) is 0 Å². The predicted molar refractivity (Wildman–Crippen MR) is 85.8 cm³/mol. The number of ether oxygens (including phenoxy) is 1. The molecule has 6 heteroatoms. The SMILES string of the molecule is COc1cc(Br)ccc1C(N)c1cc(Cl)c(Br)cc1F. The largest absolute Gasteiger partial charge is 0.496 e. The zero-order valence-electron chi connectivity index (χ0n) is 10.5. The summed E-state index contributed by atoms with van der Waals surface area (Å²) >= 11 is 12.5. The fraction of sp³-hybridized carbons (Fsp3) is 0.143. The average molecular weight is 424 g/mol. The molecule has 2 aromatic rings. The fourth-order valence-electron chi connectivity index (χ4n) is 1.89. The summed E-state index contributed by atoms with van der Waals surface area (Å²) in [6.07, 6.45) is 0. The predicted octanol–water partition coefficient (Wildman–Crippen LogP) is 5.06. The van der Waals surface area contributed by atoms with Crippen LogP contribution >= 0.6 is 43.5 Å². The second kappa shape index (κ2) is 6.43. The molecular weight excluding hydrogens is 412 g/mol. The summed E-state index contributed by atoms with van der Waals surface area (Å²) in [5.41, 5.74) is 7.16. The van der Waals surface area contributed by atoms with Crippen LogP contribution in [0.15, 0.2) is 39.3 Å². The second-order valence-electron chi connectivity index (χ2n) is 4.15. The van der Waals surface area contributed by atoms with E-state index in [-0.39, 0.29) is 0 Å². The van der Waals surface area contributed by atoms with Gasteiger partial charge < -0.3 is 10.5 Å². The van der Waals surface area contributed by atoms with E-state index >= 15 is 0 Å². The van der Waals surface area contributed by atoms with Gasteiger partial charge in [0.25, 0.3) is 0 Å². The fourth-order valence-corrected chi connectivity index (χ4v) is 2.71. The highest BCUT2D eigenvalue weighted by molar-refractivity contribution is 9.10. The van der Waals surface area contributed by atoms with Crippen LogP contribution in [0.25, 0.3) is 0 Å². The van der Waals surface area contributed by atoms with Gasteiger partial charge in [-0.15, -0.1) is 0 Å². The number of nitrogens with two attached hydrogens (primary N) is 1. The van der Waals surface area contributed by atoms with Crippen molar-refractivity contribution in [3.05, 3.63) is 61.2 Å². The summed E-state index contributed by atoms with van der Waals surface area (Å²) < 4.78 is 20.7. The van der Waals surface area contributed by atoms with Crippen LogP contribution in [0.2, 0.25) is 5.02 Å². The molecule has 2 N–H and O–H groups in total. The van der Waals surface area contributed by atoms with Gasteiger partial charge in [0, 0.05) is 20.1 Å². The van der Waals surface area contributed by atoms with E-state index in [0.717, 1.165) is 4.47 Å². The van der Waals surface area contributed by atoms with Gasteiger partial charge in [-0.3, -0.25) is 0 Å². The molecule has 0 aliphatic heterocycles. The Morgan fingerprint density at radius 2 is 1.90 bits per heavy atom. The average Bonchev–Trinajstić information content (AvgIpc) is 2.42. The molecule has 1 unspecified atom stereocenters. The highest BCUT2D eigenvalue weighted by Crippen LogP contribution is 2.34. The van der Waals surface area contributed by atoms with Crippen molar-refractivity contribution >= 4 is 43.5 Å². The molecule has 0 aliphatic carbocycles. The molecular formula is C14H11Br2ClFNO. The molecule has 0 heterocycles. The van der Waals surface area contributed by atoms with E-state index < -0.39 is 11.9 Å². The van der Waals surface area contributed by atoms with E-state index in [9.17, 15) is 4.39 Å². The van der Waals surface area contributed by atoms with Gasteiger partial charge in [0.1, 0.15) is 11.6 Å². The van der Waals surface area contributed by atoms with Crippen LogP contribution in [0, 0.1) is 5.82 Å². The molecule has 106 valence electrons. The lowest BCUT2D eigenvalue weighted by molar-refractivity contribution is 0.407. The molecule has 0 saturated heterocycles. The molecule has 2 rings (SSSR count). The molecule has 2 nitrogen and oxygen atoms in total. The topological polar surface area (TPSA) is 35.2 Å². The zero-order valence-corrected chi connectivity index (χ0v) is 14.4. The number of hydrogen-bond donors (Lipinski definition) is 1. The van der Waals surface area contributed by atoms with Crippen molar-refractivity contribution in [1.29, 1.82) is 0 Å². The first-order valence-electron chi connectivity index (χ1n) is 5.67. The first-order chi connectivity index (χ1) is 9.43. The lowest BCUT2D eigenvalue weighted by atomic mass is 9.98. The third-order valence-corrected chi connectivity index (χ3v) is 4.60. The Morgan fingerprint density at radius 3 is 2.55 bits per heavy atom. The minimum absolute atomic E-state index is 0.318. The van der Waals surface area contributed by atoms with Gasteiger partial charge in [-0.05, 0) is 40.2 Å². The molecule has 0 spiro atoms. The summed E-state index contributed by atoms with van der Waals surface area (Å²) in [7, 11) is 1.54. The van der Waals surface area contributed by atoms with Crippen molar-refractivity contribution in [2.24, 2.45) is 5.73 Å². The van der Waals surface area contributed by atoms with E-state index in [0.29, 0.717) is 26.4 Å². The van der Waals surface area contributed by atoms with Crippen LogP contribution in [0.3, 0.4) is 0 Å². The zero-order chi connectivity index (χ0) is 14.9. The van der Waals surface area contributed by atoms with Gasteiger partial charge in [0.05, 0.1) is 18.2 Å². The molecule has 0 saturated carbocycles. The maximum absolute atomic E-state index is 14.1. The van der Waals surface area contributed by atoms with E-state index in [1.165, 1.54) is 12.1 Å². The smallest absolute Gasteiger partial charge is 0.129 e. The quantitative estimate of drug-likeness (QED) is 0.701. The lowest BCUT2D eigenvalue weighted by Gasteiger charge is -2.17. The second-order valence-corrected chi connectivity index (χ2v) is 6.33. The monoisotopic (exact) mass is 421 g/mol. The van der Waals surface area contributed by atoms with Crippen LogP contribution in [0.5, 0.6) is 5.75 Å². The van der Waals surface area contributed by atoms with Crippen LogP contribution in [-0.4, -0.2) is 7.11 Å². The number of halogens is 4. The first-order valence-corrected chi connectivity index (χ1v) is 7.64. The highest BCUT2D eigenvalue weighted by atomic mass is 79.9. The number of rotatable bonds is 3. The van der Waals surface area contributed by atoms with Crippen molar-refractivity contribution in [1.82, 2.24) is 0 Å². The van der Waals surface area contributed by atoms with Gasteiger partial charge >= 0.3 is 0 Å². The maximum Gasteiger partial charge on any atom is 0.129 e. The lowest BCUT2D eigenvalue weighted by Crippen LogP contribution is -2.15. The molecule has 0 bridgehead atoms. The Kier molecular flexibility index (Phi) is 5.07. The van der Waals surface area contributed by atoms with Crippen LogP contribution < -0.4 is 10.5 Å². The first kappa shape index (κ1) is 15.8. The van der Waals surface area contributed by atoms with Crippen molar-refractivity contribution in [2.75, 3.05) is 7.11 Å². The molecule has 0 aromatic heterocycles. The summed E-state index contributed by atoms with van der Waals surface area (Å²) in [5.74, 6) is 0.170. The van der Waals surface area contributed by atoms with E-state index in [4.69, 9.17) is 22.1 Å². The summed E-state index contributed by atoms with van der Waals surface area (Å²) in [5, 5.41) is 0.410. The van der Waals surface area contributed by atoms with Gasteiger partial charge in [0.2, 0.25) is 0 Å². The minimum Gasteiger partial charge on any atom is -0.496 e. The Hall–Kier alpha value is -0.620. The molecule has 0 amide bonds. The molecule has 0 fully saturated rings. The van der Waals surface area contributed by atoms with Crippen molar-refractivity contribution in [3.63, 3.8) is 0 Å². The normalized spacial score (nSPS) is 12.3. The molecule has 1 atom stereocenters. The van der Waals surface area contributed by atoms with Gasteiger partial charge in [-0.25, -0.2) is 4.39 Å². The number of hydrogen-bond acceptors (Lipinski definition) is 2. The standard InChI is InChI=1S/C14H11Br2ClFNO/c1-20-13-4-7(15)2-3-8(13)14(19)9-5-11(17)10(16)6-12(9)18/h2-6,14H,19H2,1H3. The number of methoxy groups -OCH3 is 1. The van der Waals surface area contributed by atoms with Crippen molar-refractivity contribution < 1.29 is 9.13 Å². The van der Waals surface area contributed by atoms with Crippen LogP contribution in [0.1, 0.15) is 17.2 Å². The summed E-state index contributed by atoms with van der Waals surface area (Å²) in [6, 6.07) is 7.58. The van der Waals surface area contributed by atoms with Crippen LogP contribution in [0.4, 0.5) is 4.39 Å². The highest BCUT2D eigenvalue weighted by Gasteiger charge is 2.19. The van der Waals surface area contributed by atoms with Crippen molar-refractivity contribution in [2.45, 2.75) is 6.04 Å². The van der Waals surface area contributed by atoms with E-state index in [1.807, 2.05) is 6.07 Å². The van der Waals surface area contributed by atoms with Crippen molar-refractivity contribution in [3.8, 4) is 5.75 Å². The van der Waals surface area contributed by atoms with E-state index in [1.54, 1.807) is 19.2 Å². The van der Waals surface area contributed by atoms with Gasteiger partial charge in [-0.1, -0.05) is 33.6 Å². The third kappa shape index (κ3) is 3.17. The Balaban J connectivity index is 2.51. The Morgan fingerprint density at radius 1 is 1.20 bits per heavy atom.